The molecule has 1 aromatic carbocycles. The summed E-state index contributed by atoms with van der Waals surface area (Å²) in [6.07, 6.45) is 6.99. The molecule has 2 aromatic rings. The molecule has 0 aliphatic heterocycles. The van der Waals surface area contributed by atoms with Crippen LogP contribution in [0, 0.1) is 23.6 Å². The summed E-state index contributed by atoms with van der Waals surface area (Å²) in [5, 5.41) is 0.554. The molecule has 22 heavy (non-hydrogen) atoms. The molecule has 0 spiro atoms. The Labute approximate surface area is 133 Å². The van der Waals surface area contributed by atoms with Crippen molar-refractivity contribution in [2.75, 3.05) is 0 Å². The van der Waals surface area contributed by atoms with E-state index in [0.29, 0.717) is 27.8 Å². The predicted octanol–water partition coefficient (Wildman–Crippen LogP) is 4.45. The molecule has 0 bridgehead atoms. The van der Waals surface area contributed by atoms with E-state index in [1.54, 1.807) is 24.4 Å². The molecule has 1 aliphatic rings. The first-order valence-corrected chi connectivity index (χ1v) is 8.29. The van der Waals surface area contributed by atoms with Gasteiger partial charge in [0.1, 0.15) is 5.82 Å². The average molecular weight is 313 g/mol. The molecule has 0 N–H and O–H groups in total. The molecule has 1 aromatic heterocycles. The van der Waals surface area contributed by atoms with E-state index in [1.165, 1.54) is 30.2 Å². The van der Waals surface area contributed by atoms with Gasteiger partial charge in [0.05, 0.1) is 16.6 Å². The molecule has 1 saturated carbocycles. The van der Waals surface area contributed by atoms with E-state index >= 15 is 0 Å². The first kappa shape index (κ1) is 14.9. The lowest BCUT2D eigenvalue weighted by molar-refractivity contribution is 0.0966. The second kappa shape index (κ2) is 6.85. The number of nitrogens with zero attached hydrogens (tertiary/aromatic N) is 1. The molecule has 0 amide bonds. The number of benzene rings is 1. The van der Waals surface area contributed by atoms with E-state index in [0.717, 1.165) is 12.8 Å². The molecule has 0 saturated heterocycles. The predicted molar refractivity (Wildman–Crippen MR) is 85.4 cm³/mol. The first-order valence-electron chi connectivity index (χ1n) is 7.48. The molecule has 0 radical (unpaired) electrons. The lowest BCUT2D eigenvalue weighted by Gasteiger charge is -2.05. The van der Waals surface area contributed by atoms with E-state index < -0.39 is 0 Å². The van der Waals surface area contributed by atoms with E-state index in [9.17, 15) is 9.18 Å². The van der Waals surface area contributed by atoms with Crippen molar-refractivity contribution < 1.29 is 9.18 Å². The first-order chi connectivity index (χ1) is 10.7. The summed E-state index contributed by atoms with van der Waals surface area (Å²) in [4.78, 5) is 17.0. The number of carbonyl (C=O) groups excluding carboxylic acids is 1. The van der Waals surface area contributed by atoms with Crippen LogP contribution >= 0.6 is 11.3 Å². The topological polar surface area (TPSA) is 30.0 Å². The van der Waals surface area contributed by atoms with E-state index in [2.05, 4.69) is 16.8 Å². The lowest BCUT2D eigenvalue weighted by Crippen LogP contribution is -2.03. The number of ketones is 1. The molecular formula is C18H16FNOS. The van der Waals surface area contributed by atoms with Crippen LogP contribution in [0.25, 0.3) is 0 Å². The van der Waals surface area contributed by atoms with Crippen molar-refractivity contribution in [3.8, 4) is 11.8 Å². The molecule has 1 fully saturated rings. The number of hydrogen-bond acceptors (Lipinski definition) is 3. The molecule has 2 nitrogen and oxygen atoms in total. The highest BCUT2D eigenvalue weighted by Crippen LogP contribution is 2.29. The lowest BCUT2D eigenvalue weighted by atomic mass is 10.0. The quantitative estimate of drug-likeness (QED) is 0.619. The van der Waals surface area contributed by atoms with Gasteiger partial charge in [-0.25, -0.2) is 9.37 Å². The van der Waals surface area contributed by atoms with Crippen LogP contribution in [0.2, 0.25) is 0 Å². The van der Waals surface area contributed by atoms with Gasteiger partial charge in [0.2, 0.25) is 0 Å². The summed E-state index contributed by atoms with van der Waals surface area (Å²) in [5.74, 6) is 5.94. The number of Topliss-reactive ketones (excluding diaryl/α,β-unsaturated/α-hetero) is 1. The standard InChI is InChI=1S/C18H16FNOS/c19-15-8-4-3-7-14(15)9-10-18-20-12-17(22-18)16(21)11-13-5-1-2-6-13/h3-4,7-8,12-13H,1-2,5-6,11H2. The van der Waals surface area contributed by atoms with Gasteiger partial charge < -0.3 is 0 Å². The fraction of sp³-hybridized carbons (Fsp3) is 0.333. The SMILES string of the molecule is O=C(CC1CCCC1)c1cnc(C#Cc2ccccc2F)s1. The summed E-state index contributed by atoms with van der Waals surface area (Å²) < 4.78 is 13.5. The molecule has 1 aliphatic carbocycles. The van der Waals surface area contributed by atoms with Crippen LogP contribution in [0.3, 0.4) is 0 Å². The van der Waals surface area contributed by atoms with Gasteiger partial charge in [0, 0.05) is 6.42 Å². The van der Waals surface area contributed by atoms with Crippen molar-refractivity contribution in [2.45, 2.75) is 32.1 Å². The fourth-order valence-electron chi connectivity index (χ4n) is 2.72. The highest BCUT2D eigenvalue weighted by molar-refractivity contribution is 7.14. The van der Waals surface area contributed by atoms with Crippen molar-refractivity contribution in [2.24, 2.45) is 5.92 Å². The number of carbonyl (C=O) groups is 1. The summed E-state index contributed by atoms with van der Waals surface area (Å²) in [6, 6.07) is 6.37. The monoisotopic (exact) mass is 313 g/mol. The van der Waals surface area contributed by atoms with Crippen molar-refractivity contribution in [3.05, 3.63) is 51.7 Å². The Balaban J connectivity index is 1.69. The highest BCUT2D eigenvalue weighted by atomic mass is 32.1. The van der Waals surface area contributed by atoms with Crippen LogP contribution in [-0.4, -0.2) is 10.8 Å². The Morgan fingerprint density at radius 1 is 1.27 bits per heavy atom. The van der Waals surface area contributed by atoms with Crippen LogP contribution < -0.4 is 0 Å². The second-order valence-electron chi connectivity index (χ2n) is 5.54. The molecule has 0 atom stereocenters. The van der Waals surface area contributed by atoms with Crippen LogP contribution in [0.5, 0.6) is 0 Å². The van der Waals surface area contributed by atoms with Gasteiger partial charge in [-0.15, -0.1) is 11.3 Å². The van der Waals surface area contributed by atoms with Gasteiger partial charge >= 0.3 is 0 Å². The van der Waals surface area contributed by atoms with Crippen LogP contribution in [-0.2, 0) is 0 Å². The van der Waals surface area contributed by atoms with Crippen molar-refractivity contribution in [1.29, 1.82) is 0 Å². The summed E-state index contributed by atoms with van der Waals surface area (Å²) in [7, 11) is 0. The normalized spacial score (nSPS) is 14.6. The third kappa shape index (κ3) is 3.61. The van der Waals surface area contributed by atoms with E-state index in [1.807, 2.05) is 0 Å². The number of aromatic nitrogens is 1. The smallest absolute Gasteiger partial charge is 0.174 e. The number of thiazole rings is 1. The van der Waals surface area contributed by atoms with E-state index in [-0.39, 0.29) is 11.6 Å². The third-order valence-corrected chi connectivity index (χ3v) is 4.86. The zero-order chi connectivity index (χ0) is 15.4. The fourth-order valence-corrected chi connectivity index (χ4v) is 3.44. The Kier molecular flexibility index (Phi) is 4.65. The highest BCUT2D eigenvalue weighted by Gasteiger charge is 2.20. The Morgan fingerprint density at radius 2 is 2.05 bits per heavy atom. The molecule has 0 unspecified atom stereocenters. The number of halogens is 1. The zero-order valence-corrected chi connectivity index (χ0v) is 13.0. The minimum atomic E-state index is -0.343. The van der Waals surface area contributed by atoms with Gasteiger partial charge in [0.25, 0.3) is 0 Å². The Morgan fingerprint density at radius 3 is 2.82 bits per heavy atom. The maximum Gasteiger partial charge on any atom is 0.174 e. The Bertz CT molecular complexity index is 735. The maximum atomic E-state index is 13.5. The van der Waals surface area contributed by atoms with Crippen molar-refractivity contribution in [1.82, 2.24) is 4.98 Å². The van der Waals surface area contributed by atoms with Gasteiger partial charge in [-0.1, -0.05) is 43.7 Å². The second-order valence-corrected chi connectivity index (χ2v) is 6.57. The Hall–Kier alpha value is -1.99. The van der Waals surface area contributed by atoms with Crippen LogP contribution in [0.15, 0.2) is 30.5 Å². The molecule has 1 heterocycles. The van der Waals surface area contributed by atoms with Crippen LogP contribution in [0.1, 0.15) is 52.3 Å². The molecule has 4 heteroatoms. The molecule has 3 rings (SSSR count). The largest absolute Gasteiger partial charge is 0.293 e. The average Bonchev–Trinajstić information content (AvgIpc) is 3.18. The minimum Gasteiger partial charge on any atom is -0.293 e. The minimum absolute atomic E-state index is 0.156. The van der Waals surface area contributed by atoms with Gasteiger partial charge in [-0.2, -0.15) is 0 Å². The van der Waals surface area contributed by atoms with Gasteiger partial charge in [-0.05, 0) is 24.0 Å². The summed E-state index contributed by atoms with van der Waals surface area (Å²) in [5.41, 5.74) is 0.344. The van der Waals surface area contributed by atoms with E-state index in [4.69, 9.17) is 0 Å². The number of hydrogen-bond donors (Lipinski definition) is 0. The van der Waals surface area contributed by atoms with Crippen molar-refractivity contribution in [3.63, 3.8) is 0 Å². The third-order valence-electron chi connectivity index (χ3n) is 3.91. The van der Waals surface area contributed by atoms with Crippen LogP contribution in [0.4, 0.5) is 4.39 Å². The van der Waals surface area contributed by atoms with Gasteiger partial charge in [0.15, 0.2) is 10.8 Å². The molecule has 112 valence electrons. The van der Waals surface area contributed by atoms with Gasteiger partial charge in [-0.3, -0.25) is 4.79 Å². The maximum absolute atomic E-state index is 13.5. The van der Waals surface area contributed by atoms with Crippen molar-refractivity contribution >= 4 is 17.1 Å². The summed E-state index contributed by atoms with van der Waals surface area (Å²) >= 11 is 1.29. The molecular weight excluding hydrogens is 297 g/mol. The zero-order valence-electron chi connectivity index (χ0n) is 12.1. The number of rotatable bonds is 3. The summed E-state index contributed by atoms with van der Waals surface area (Å²) in [6.45, 7) is 0.